The second-order valence-corrected chi connectivity index (χ2v) is 11.8. The topological polar surface area (TPSA) is 132 Å². The van der Waals surface area contributed by atoms with Crippen molar-refractivity contribution in [2.75, 3.05) is 44.6 Å². The van der Waals surface area contributed by atoms with E-state index in [1.165, 1.54) is 0 Å². The van der Waals surface area contributed by atoms with Crippen molar-refractivity contribution < 1.29 is 29.1 Å². The first-order valence-corrected chi connectivity index (χ1v) is 14.3. The SMILES string of the molecule is CCOc1ccc(NC(=O)N2CCN(C(=O)[C@@H](NC(=O)C(CC3CCCC3)CN(O)C=O)C(C)(C)C)CC2)cc1. The van der Waals surface area contributed by atoms with Crippen LogP contribution in [0, 0.1) is 17.3 Å². The van der Waals surface area contributed by atoms with E-state index in [1.54, 1.807) is 34.1 Å². The van der Waals surface area contributed by atoms with Crippen LogP contribution in [0.15, 0.2) is 24.3 Å². The lowest BCUT2D eigenvalue weighted by Gasteiger charge is -2.40. The van der Waals surface area contributed by atoms with E-state index in [1.807, 2.05) is 27.7 Å². The molecule has 0 spiro atoms. The number of anilines is 1. The molecule has 3 rings (SSSR count). The molecule has 1 saturated carbocycles. The van der Waals surface area contributed by atoms with E-state index in [0.29, 0.717) is 62.3 Å². The number of amides is 5. The highest BCUT2D eigenvalue weighted by atomic mass is 16.5. The summed E-state index contributed by atoms with van der Waals surface area (Å²) in [5.74, 6) is -0.0614. The molecule has 3 N–H and O–H groups in total. The Hall–Kier alpha value is -3.34. The van der Waals surface area contributed by atoms with Gasteiger partial charge in [-0.05, 0) is 48.9 Å². The van der Waals surface area contributed by atoms with E-state index in [4.69, 9.17) is 4.74 Å². The van der Waals surface area contributed by atoms with Gasteiger partial charge in [0.05, 0.1) is 19.1 Å². The number of hydroxylamine groups is 2. The van der Waals surface area contributed by atoms with E-state index >= 15 is 0 Å². The van der Waals surface area contributed by atoms with Gasteiger partial charge in [0.2, 0.25) is 18.2 Å². The highest BCUT2D eigenvalue weighted by Crippen LogP contribution is 2.31. The Balaban J connectivity index is 1.59. The van der Waals surface area contributed by atoms with Gasteiger partial charge >= 0.3 is 6.03 Å². The third-order valence-corrected chi connectivity index (χ3v) is 7.69. The van der Waals surface area contributed by atoms with E-state index in [9.17, 15) is 24.4 Å². The minimum Gasteiger partial charge on any atom is -0.494 e. The van der Waals surface area contributed by atoms with Crippen LogP contribution in [0.3, 0.4) is 0 Å². The molecule has 1 aliphatic heterocycles. The number of nitrogens with zero attached hydrogens (tertiary/aromatic N) is 3. The lowest BCUT2D eigenvalue weighted by atomic mass is 9.84. The Kier molecular flexibility index (Phi) is 11.2. The number of carbonyl (C=O) groups excluding carboxylic acids is 4. The largest absolute Gasteiger partial charge is 0.494 e. The number of carbonyl (C=O) groups is 4. The number of hydrogen-bond acceptors (Lipinski definition) is 6. The van der Waals surface area contributed by atoms with Crippen molar-refractivity contribution in [3.05, 3.63) is 24.3 Å². The maximum Gasteiger partial charge on any atom is 0.321 e. The number of rotatable bonds is 11. The van der Waals surface area contributed by atoms with Crippen molar-refractivity contribution in [3.8, 4) is 5.75 Å². The second kappa shape index (κ2) is 14.3. The van der Waals surface area contributed by atoms with Crippen LogP contribution in [-0.2, 0) is 14.4 Å². The number of benzene rings is 1. The van der Waals surface area contributed by atoms with Crippen LogP contribution in [0.5, 0.6) is 5.75 Å². The standard InChI is InChI=1S/C29H45N5O6/c1-5-40-24-12-10-23(11-13-24)30-28(38)33-16-14-32(15-17-33)27(37)25(29(2,3)4)31-26(36)22(19-34(39)20-35)18-21-8-6-7-9-21/h10-13,20-22,25,39H,5-9,14-19H2,1-4H3,(H,30,38)(H,31,36)/t22?,25-/m1/s1. The fourth-order valence-electron chi connectivity index (χ4n) is 5.41. The molecule has 0 aromatic heterocycles. The average molecular weight is 560 g/mol. The monoisotopic (exact) mass is 559 g/mol. The molecule has 1 aliphatic carbocycles. The van der Waals surface area contributed by atoms with Crippen molar-refractivity contribution in [2.45, 2.75) is 65.8 Å². The van der Waals surface area contributed by atoms with Gasteiger partial charge < -0.3 is 25.2 Å². The molecule has 1 saturated heterocycles. The van der Waals surface area contributed by atoms with Gasteiger partial charge in [-0.25, -0.2) is 9.86 Å². The molecule has 1 unspecified atom stereocenters. The van der Waals surface area contributed by atoms with Crippen molar-refractivity contribution in [1.29, 1.82) is 0 Å². The second-order valence-electron chi connectivity index (χ2n) is 11.8. The molecule has 40 heavy (non-hydrogen) atoms. The van der Waals surface area contributed by atoms with Gasteiger partial charge in [0, 0.05) is 31.9 Å². The Morgan fingerprint density at radius 1 is 1.07 bits per heavy atom. The number of urea groups is 1. The smallest absolute Gasteiger partial charge is 0.321 e. The van der Waals surface area contributed by atoms with Crippen LogP contribution in [0.2, 0.25) is 0 Å². The number of hydrogen-bond donors (Lipinski definition) is 3. The maximum absolute atomic E-state index is 13.6. The Labute approximate surface area is 237 Å². The molecule has 0 radical (unpaired) electrons. The molecule has 1 aromatic carbocycles. The zero-order valence-electron chi connectivity index (χ0n) is 24.2. The first-order chi connectivity index (χ1) is 19.0. The predicted octanol–water partition coefficient (Wildman–Crippen LogP) is 3.34. The first-order valence-electron chi connectivity index (χ1n) is 14.3. The Morgan fingerprint density at radius 3 is 2.23 bits per heavy atom. The van der Waals surface area contributed by atoms with Gasteiger partial charge in [0.15, 0.2) is 0 Å². The molecule has 1 heterocycles. The lowest BCUT2D eigenvalue weighted by molar-refractivity contribution is -0.156. The van der Waals surface area contributed by atoms with Gasteiger partial charge in [0.1, 0.15) is 11.8 Å². The zero-order chi connectivity index (χ0) is 29.3. The van der Waals surface area contributed by atoms with Crippen molar-refractivity contribution in [1.82, 2.24) is 20.2 Å². The van der Waals surface area contributed by atoms with Gasteiger partial charge in [-0.15, -0.1) is 0 Å². The maximum atomic E-state index is 13.6. The average Bonchev–Trinajstić information content (AvgIpc) is 3.44. The van der Waals surface area contributed by atoms with E-state index in [2.05, 4.69) is 10.6 Å². The Bertz CT molecular complexity index is 997. The van der Waals surface area contributed by atoms with Crippen LogP contribution < -0.4 is 15.4 Å². The summed E-state index contributed by atoms with van der Waals surface area (Å²) in [6, 6.07) is 6.13. The van der Waals surface area contributed by atoms with Gasteiger partial charge in [-0.1, -0.05) is 46.5 Å². The quantitative estimate of drug-likeness (QED) is 0.217. The van der Waals surface area contributed by atoms with Gasteiger partial charge in [-0.2, -0.15) is 0 Å². The summed E-state index contributed by atoms with van der Waals surface area (Å²) >= 11 is 0. The normalized spacial score (nSPS) is 17.6. The molecule has 11 nitrogen and oxygen atoms in total. The summed E-state index contributed by atoms with van der Waals surface area (Å²) in [7, 11) is 0. The summed E-state index contributed by atoms with van der Waals surface area (Å²) in [4.78, 5) is 54.2. The highest BCUT2D eigenvalue weighted by molar-refractivity contribution is 5.91. The summed E-state index contributed by atoms with van der Waals surface area (Å²) in [5, 5.41) is 16.2. The molecule has 222 valence electrons. The first kappa shape index (κ1) is 31.2. The zero-order valence-corrected chi connectivity index (χ0v) is 24.2. The van der Waals surface area contributed by atoms with Crippen molar-refractivity contribution >= 4 is 29.9 Å². The van der Waals surface area contributed by atoms with Crippen LogP contribution in [0.25, 0.3) is 0 Å². The number of ether oxygens (including phenoxy) is 1. The summed E-state index contributed by atoms with van der Waals surface area (Å²) in [6.07, 6.45) is 5.13. The van der Waals surface area contributed by atoms with E-state index in [0.717, 1.165) is 31.4 Å². The lowest BCUT2D eigenvalue weighted by Crippen LogP contribution is -2.60. The summed E-state index contributed by atoms with van der Waals surface area (Å²) in [6.45, 7) is 9.47. The minimum absolute atomic E-state index is 0.112. The van der Waals surface area contributed by atoms with Crippen molar-refractivity contribution in [2.24, 2.45) is 17.3 Å². The van der Waals surface area contributed by atoms with E-state index < -0.39 is 17.4 Å². The Morgan fingerprint density at radius 2 is 1.68 bits per heavy atom. The molecular formula is C29H45N5O6. The van der Waals surface area contributed by atoms with Crippen LogP contribution >= 0.6 is 0 Å². The van der Waals surface area contributed by atoms with Crippen LogP contribution in [0.1, 0.15) is 59.8 Å². The number of nitrogens with one attached hydrogen (secondary N) is 2. The predicted molar refractivity (Wildman–Crippen MR) is 151 cm³/mol. The summed E-state index contributed by atoms with van der Waals surface area (Å²) in [5.41, 5.74) is 0.0850. The molecule has 11 heteroatoms. The van der Waals surface area contributed by atoms with Crippen molar-refractivity contribution in [3.63, 3.8) is 0 Å². The third kappa shape index (κ3) is 8.84. The third-order valence-electron chi connectivity index (χ3n) is 7.69. The van der Waals surface area contributed by atoms with Crippen LogP contribution in [0.4, 0.5) is 10.5 Å². The fraction of sp³-hybridized carbons (Fsp3) is 0.655. The molecule has 2 aliphatic rings. The molecule has 1 aromatic rings. The highest BCUT2D eigenvalue weighted by Gasteiger charge is 2.39. The summed E-state index contributed by atoms with van der Waals surface area (Å²) < 4.78 is 5.43. The fourth-order valence-corrected chi connectivity index (χ4v) is 5.41. The van der Waals surface area contributed by atoms with Gasteiger partial charge in [0.25, 0.3) is 0 Å². The van der Waals surface area contributed by atoms with Gasteiger partial charge in [-0.3, -0.25) is 19.6 Å². The molecule has 0 bridgehead atoms. The minimum atomic E-state index is -0.793. The molecule has 5 amide bonds. The number of piperazine rings is 1. The molecular weight excluding hydrogens is 514 g/mol. The van der Waals surface area contributed by atoms with Crippen LogP contribution in [-0.4, -0.2) is 89.7 Å². The van der Waals surface area contributed by atoms with E-state index in [-0.39, 0.29) is 24.4 Å². The molecule has 2 atom stereocenters. The molecule has 2 fully saturated rings.